The number of aliphatic hydroxyl groups is 1. The summed E-state index contributed by atoms with van der Waals surface area (Å²) < 4.78 is 40.7. The van der Waals surface area contributed by atoms with Crippen LogP contribution in [0.1, 0.15) is 11.3 Å². The van der Waals surface area contributed by atoms with E-state index < -0.39 is 27.3 Å². The van der Waals surface area contributed by atoms with Crippen LogP contribution in [0.25, 0.3) is 0 Å². The predicted molar refractivity (Wildman–Crippen MR) is 77.1 cm³/mol. The lowest BCUT2D eigenvalue weighted by atomic mass is 10.2. The van der Waals surface area contributed by atoms with Gasteiger partial charge in [0.15, 0.2) is 0 Å². The lowest BCUT2D eigenvalue weighted by molar-refractivity contribution is 0.274. The smallest absolute Gasteiger partial charge is 0.264 e. The number of sulfonamides is 1. The number of nitrogens with zero attached hydrogens (tertiary/aromatic N) is 1. The average molecular weight is 331 g/mol. The van der Waals surface area contributed by atoms with E-state index in [-0.39, 0.29) is 16.3 Å². The highest BCUT2D eigenvalue weighted by Crippen LogP contribution is 2.25. The summed E-state index contributed by atoms with van der Waals surface area (Å²) in [5, 5.41) is 9.05. The molecular formula is C13H12ClFN2O3S. The summed E-state index contributed by atoms with van der Waals surface area (Å²) in [5.41, 5.74) is 0.727. The third-order valence-electron chi connectivity index (χ3n) is 2.70. The van der Waals surface area contributed by atoms with E-state index in [1.165, 1.54) is 18.3 Å². The molecule has 0 aliphatic carbocycles. The van der Waals surface area contributed by atoms with Crippen molar-refractivity contribution in [2.24, 2.45) is 0 Å². The monoisotopic (exact) mass is 330 g/mol. The quantitative estimate of drug-likeness (QED) is 0.902. The van der Waals surface area contributed by atoms with Crippen molar-refractivity contribution in [3.05, 3.63) is 52.6 Å². The molecule has 2 rings (SSSR count). The standard InChI is InChI=1S/C13H12ClFN2O3S/c1-8-2-3-11(6-16-8)17-21(19,20)12-5-10(14)4-9(7-18)13(12)15/h2-6,17-18H,7H2,1H3. The molecule has 2 N–H and O–H groups in total. The number of nitrogens with one attached hydrogen (secondary N) is 1. The van der Waals surface area contributed by atoms with Crippen molar-refractivity contribution in [3.8, 4) is 0 Å². The molecule has 2 aromatic rings. The van der Waals surface area contributed by atoms with Crippen molar-refractivity contribution in [2.45, 2.75) is 18.4 Å². The molecule has 0 saturated heterocycles. The summed E-state index contributed by atoms with van der Waals surface area (Å²) in [6, 6.07) is 5.28. The molecule has 1 aromatic carbocycles. The highest BCUT2D eigenvalue weighted by molar-refractivity contribution is 7.92. The van der Waals surface area contributed by atoms with Crippen LogP contribution in [0.4, 0.5) is 10.1 Å². The maximum absolute atomic E-state index is 14.1. The Morgan fingerprint density at radius 3 is 2.67 bits per heavy atom. The zero-order valence-electron chi connectivity index (χ0n) is 11.0. The maximum atomic E-state index is 14.1. The summed E-state index contributed by atoms with van der Waals surface area (Å²) in [6.45, 7) is 1.10. The number of aliphatic hydroxyl groups excluding tert-OH is 1. The molecule has 0 fully saturated rings. The molecular weight excluding hydrogens is 319 g/mol. The molecule has 0 spiro atoms. The number of hydrogen-bond donors (Lipinski definition) is 2. The van der Waals surface area contributed by atoms with E-state index in [0.29, 0.717) is 0 Å². The van der Waals surface area contributed by atoms with Crippen LogP contribution >= 0.6 is 11.6 Å². The van der Waals surface area contributed by atoms with Gasteiger partial charge in [0, 0.05) is 16.3 Å². The third-order valence-corrected chi connectivity index (χ3v) is 4.30. The Balaban J connectivity index is 2.44. The van der Waals surface area contributed by atoms with Crippen LogP contribution in [-0.2, 0) is 16.6 Å². The van der Waals surface area contributed by atoms with Gasteiger partial charge in [0.1, 0.15) is 10.7 Å². The Morgan fingerprint density at radius 2 is 2.10 bits per heavy atom. The molecule has 1 aromatic heterocycles. The van der Waals surface area contributed by atoms with E-state index in [1.54, 1.807) is 13.0 Å². The molecule has 0 radical (unpaired) electrons. The van der Waals surface area contributed by atoms with Gasteiger partial charge < -0.3 is 5.11 Å². The third kappa shape index (κ3) is 3.49. The predicted octanol–water partition coefficient (Wildman–Crippen LogP) is 2.48. The Bertz CT molecular complexity index is 764. The van der Waals surface area contributed by atoms with E-state index in [1.807, 2.05) is 0 Å². The first kappa shape index (κ1) is 15.7. The molecule has 5 nitrogen and oxygen atoms in total. The first-order chi connectivity index (χ1) is 9.83. The van der Waals surface area contributed by atoms with Gasteiger partial charge >= 0.3 is 0 Å². The van der Waals surface area contributed by atoms with Crippen LogP contribution in [0.5, 0.6) is 0 Å². The van der Waals surface area contributed by atoms with Crippen LogP contribution in [-0.4, -0.2) is 18.5 Å². The van der Waals surface area contributed by atoms with Crippen molar-refractivity contribution in [1.29, 1.82) is 0 Å². The highest BCUT2D eigenvalue weighted by Gasteiger charge is 2.22. The molecule has 0 atom stereocenters. The van der Waals surface area contributed by atoms with E-state index in [2.05, 4.69) is 9.71 Å². The molecule has 0 unspecified atom stereocenters. The van der Waals surface area contributed by atoms with Gasteiger partial charge in [-0.15, -0.1) is 0 Å². The SMILES string of the molecule is Cc1ccc(NS(=O)(=O)c2cc(Cl)cc(CO)c2F)cn1. The molecule has 0 aliphatic heterocycles. The van der Waals surface area contributed by atoms with Crippen LogP contribution in [0.2, 0.25) is 5.02 Å². The highest BCUT2D eigenvalue weighted by atomic mass is 35.5. The fourth-order valence-corrected chi connectivity index (χ4v) is 3.16. The van der Waals surface area contributed by atoms with E-state index >= 15 is 0 Å². The number of pyridine rings is 1. The lowest BCUT2D eigenvalue weighted by Gasteiger charge is -2.11. The van der Waals surface area contributed by atoms with Crippen molar-refractivity contribution in [2.75, 3.05) is 4.72 Å². The van der Waals surface area contributed by atoms with Gasteiger partial charge in [0.2, 0.25) is 0 Å². The second-order valence-electron chi connectivity index (χ2n) is 4.33. The van der Waals surface area contributed by atoms with Crippen LogP contribution in [0.3, 0.4) is 0 Å². The molecule has 0 saturated carbocycles. The van der Waals surface area contributed by atoms with Gasteiger partial charge in [-0.25, -0.2) is 12.8 Å². The molecule has 0 amide bonds. The van der Waals surface area contributed by atoms with Gasteiger partial charge in [-0.05, 0) is 31.2 Å². The van der Waals surface area contributed by atoms with Gasteiger partial charge in [0.05, 0.1) is 18.5 Å². The topological polar surface area (TPSA) is 79.3 Å². The zero-order chi connectivity index (χ0) is 15.6. The normalized spacial score (nSPS) is 11.4. The zero-order valence-corrected chi connectivity index (χ0v) is 12.5. The molecule has 1 heterocycles. The number of benzene rings is 1. The Hall–Kier alpha value is -1.70. The Labute approximate surface area is 126 Å². The Morgan fingerprint density at radius 1 is 1.38 bits per heavy atom. The number of hydrogen-bond acceptors (Lipinski definition) is 4. The molecule has 112 valence electrons. The minimum atomic E-state index is -4.17. The molecule has 21 heavy (non-hydrogen) atoms. The molecule has 0 aliphatic rings. The van der Waals surface area contributed by atoms with Crippen molar-refractivity contribution >= 4 is 27.3 Å². The largest absolute Gasteiger partial charge is 0.392 e. The lowest BCUT2D eigenvalue weighted by Crippen LogP contribution is -2.16. The minimum absolute atomic E-state index is 0.0165. The summed E-state index contributed by atoms with van der Waals surface area (Å²) in [7, 11) is -4.17. The number of rotatable bonds is 4. The Kier molecular flexibility index (Phi) is 4.46. The first-order valence-corrected chi connectivity index (χ1v) is 7.74. The number of halogens is 2. The van der Waals surface area contributed by atoms with Gasteiger partial charge in [0.25, 0.3) is 10.0 Å². The second kappa shape index (κ2) is 5.97. The fourth-order valence-electron chi connectivity index (χ4n) is 1.67. The average Bonchev–Trinajstić information content (AvgIpc) is 2.43. The molecule has 0 bridgehead atoms. The maximum Gasteiger partial charge on any atom is 0.264 e. The van der Waals surface area contributed by atoms with Crippen molar-refractivity contribution in [3.63, 3.8) is 0 Å². The molecule has 8 heteroatoms. The van der Waals surface area contributed by atoms with E-state index in [4.69, 9.17) is 16.7 Å². The van der Waals surface area contributed by atoms with Crippen molar-refractivity contribution in [1.82, 2.24) is 4.98 Å². The first-order valence-electron chi connectivity index (χ1n) is 5.88. The van der Waals surface area contributed by atoms with Crippen molar-refractivity contribution < 1.29 is 17.9 Å². The van der Waals surface area contributed by atoms with Gasteiger partial charge in [-0.3, -0.25) is 9.71 Å². The summed E-state index contributed by atoms with van der Waals surface area (Å²) in [5.74, 6) is -1.03. The number of anilines is 1. The minimum Gasteiger partial charge on any atom is -0.392 e. The van der Waals surface area contributed by atoms with E-state index in [0.717, 1.165) is 11.8 Å². The van der Waals surface area contributed by atoms with E-state index in [9.17, 15) is 12.8 Å². The number of aromatic nitrogens is 1. The van der Waals surface area contributed by atoms with Crippen LogP contribution in [0.15, 0.2) is 35.4 Å². The van der Waals surface area contributed by atoms with Crippen LogP contribution < -0.4 is 4.72 Å². The van der Waals surface area contributed by atoms with Crippen LogP contribution in [0, 0.1) is 12.7 Å². The fraction of sp³-hybridized carbons (Fsp3) is 0.154. The van der Waals surface area contributed by atoms with Gasteiger partial charge in [-0.2, -0.15) is 0 Å². The second-order valence-corrected chi connectivity index (χ2v) is 6.42. The summed E-state index contributed by atoms with van der Waals surface area (Å²) >= 11 is 5.75. The number of aryl methyl sites for hydroxylation is 1. The van der Waals surface area contributed by atoms with Gasteiger partial charge in [-0.1, -0.05) is 11.6 Å². The summed E-state index contributed by atoms with van der Waals surface area (Å²) in [6.07, 6.45) is 1.32. The summed E-state index contributed by atoms with van der Waals surface area (Å²) in [4.78, 5) is 3.32.